The van der Waals surface area contributed by atoms with Gasteiger partial charge in [0.15, 0.2) is 0 Å². The number of hydrogen-bond donors (Lipinski definition) is 2. The van der Waals surface area contributed by atoms with Crippen molar-refractivity contribution >= 4 is 16.0 Å². The van der Waals surface area contributed by atoms with Gasteiger partial charge in [0.25, 0.3) is 0 Å². The van der Waals surface area contributed by atoms with Gasteiger partial charge in [-0.25, -0.2) is 23.1 Å². The van der Waals surface area contributed by atoms with Crippen molar-refractivity contribution in [3.63, 3.8) is 0 Å². The van der Waals surface area contributed by atoms with Gasteiger partial charge >= 0.3 is 0 Å². The smallest absolute Gasteiger partial charge is 0.243 e. The van der Waals surface area contributed by atoms with E-state index in [1.807, 2.05) is 0 Å². The summed E-state index contributed by atoms with van der Waals surface area (Å²) < 4.78 is 26.7. The van der Waals surface area contributed by atoms with Crippen molar-refractivity contribution in [1.29, 1.82) is 0 Å². The lowest BCUT2D eigenvalue weighted by Gasteiger charge is -2.16. The van der Waals surface area contributed by atoms with E-state index in [0.717, 1.165) is 19.3 Å². The second kappa shape index (κ2) is 4.58. The molecule has 0 amide bonds. The lowest BCUT2D eigenvalue weighted by molar-refractivity contribution is 0.476. The lowest BCUT2D eigenvalue weighted by atomic mass is 10.1. The zero-order valence-electron chi connectivity index (χ0n) is 9.63. The quantitative estimate of drug-likeness (QED) is 0.821. The molecule has 0 saturated heterocycles. The van der Waals surface area contributed by atoms with Crippen LogP contribution in [0.3, 0.4) is 0 Å². The summed E-state index contributed by atoms with van der Waals surface area (Å²) in [6.45, 7) is 2.06. The molecular weight excluding hydrogens is 240 g/mol. The molecule has 1 aliphatic carbocycles. The Morgan fingerprint density at radius 3 is 2.53 bits per heavy atom. The first-order valence-electron chi connectivity index (χ1n) is 5.59. The van der Waals surface area contributed by atoms with Crippen molar-refractivity contribution in [2.24, 2.45) is 5.92 Å². The molecule has 1 heterocycles. The van der Waals surface area contributed by atoms with Crippen LogP contribution in [0.15, 0.2) is 17.3 Å². The van der Waals surface area contributed by atoms with E-state index in [2.05, 4.69) is 21.6 Å². The molecule has 2 rings (SSSR count). The number of sulfonamides is 1. The fourth-order valence-electron chi connectivity index (χ4n) is 2.05. The van der Waals surface area contributed by atoms with E-state index in [-0.39, 0.29) is 16.9 Å². The number of nitrogens with two attached hydrogens (primary N) is 1. The van der Waals surface area contributed by atoms with Gasteiger partial charge in [-0.1, -0.05) is 13.3 Å². The van der Waals surface area contributed by atoms with Gasteiger partial charge in [-0.05, 0) is 18.8 Å². The zero-order chi connectivity index (χ0) is 12.5. The normalized spacial score (nSPS) is 25.0. The fourth-order valence-corrected chi connectivity index (χ4v) is 3.32. The molecule has 1 aliphatic rings. The van der Waals surface area contributed by atoms with Gasteiger partial charge < -0.3 is 5.73 Å². The monoisotopic (exact) mass is 256 g/mol. The third-order valence-electron chi connectivity index (χ3n) is 3.13. The maximum Gasteiger partial charge on any atom is 0.243 e. The van der Waals surface area contributed by atoms with Crippen molar-refractivity contribution in [2.45, 2.75) is 37.1 Å². The van der Waals surface area contributed by atoms with Crippen molar-refractivity contribution in [3.05, 3.63) is 12.4 Å². The third-order valence-corrected chi connectivity index (χ3v) is 4.57. The van der Waals surface area contributed by atoms with Crippen LogP contribution >= 0.6 is 0 Å². The van der Waals surface area contributed by atoms with Gasteiger partial charge in [0.1, 0.15) is 4.90 Å². The van der Waals surface area contributed by atoms with Gasteiger partial charge in [-0.2, -0.15) is 0 Å². The maximum atomic E-state index is 12.0. The van der Waals surface area contributed by atoms with Crippen LogP contribution in [-0.4, -0.2) is 24.4 Å². The lowest BCUT2D eigenvalue weighted by Crippen LogP contribution is -2.36. The Bertz CT molecular complexity index is 486. The predicted molar refractivity (Wildman–Crippen MR) is 63.6 cm³/mol. The minimum absolute atomic E-state index is 0.0116. The Kier molecular flexibility index (Phi) is 3.30. The Morgan fingerprint density at radius 1 is 1.35 bits per heavy atom. The SMILES string of the molecule is CC1CCCC1NS(=O)(=O)c1cnc(N)nc1. The highest BCUT2D eigenvalue weighted by Crippen LogP contribution is 2.26. The first-order chi connectivity index (χ1) is 7.99. The molecule has 94 valence electrons. The van der Waals surface area contributed by atoms with E-state index in [4.69, 9.17) is 5.73 Å². The minimum Gasteiger partial charge on any atom is -0.368 e. The van der Waals surface area contributed by atoms with E-state index in [0.29, 0.717) is 5.92 Å². The molecular formula is C10H16N4O2S. The number of hydrogen-bond acceptors (Lipinski definition) is 5. The van der Waals surface area contributed by atoms with Crippen molar-refractivity contribution in [2.75, 3.05) is 5.73 Å². The summed E-state index contributed by atoms with van der Waals surface area (Å²) in [7, 11) is -3.52. The molecule has 1 aromatic rings. The first-order valence-corrected chi connectivity index (χ1v) is 7.07. The van der Waals surface area contributed by atoms with E-state index >= 15 is 0 Å². The molecule has 0 aromatic carbocycles. The Hall–Kier alpha value is -1.21. The standard InChI is InChI=1S/C10H16N4O2S/c1-7-3-2-4-9(7)14-17(15,16)8-5-12-10(11)13-6-8/h5-7,9,14H,2-4H2,1H3,(H2,11,12,13). The molecule has 0 bridgehead atoms. The minimum atomic E-state index is -3.52. The van der Waals surface area contributed by atoms with Crippen LogP contribution < -0.4 is 10.5 Å². The summed E-state index contributed by atoms with van der Waals surface area (Å²) in [5, 5.41) is 0. The van der Waals surface area contributed by atoms with Crippen molar-refractivity contribution in [1.82, 2.24) is 14.7 Å². The molecule has 2 atom stereocenters. The second-order valence-electron chi connectivity index (χ2n) is 4.41. The van der Waals surface area contributed by atoms with Crippen LogP contribution in [0.1, 0.15) is 26.2 Å². The Balaban J connectivity index is 2.16. The number of anilines is 1. The maximum absolute atomic E-state index is 12.0. The largest absolute Gasteiger partial charge is 0.368 e. The first kappa shape index (κ1) is 12.3. The number of aromatic nitrogens is 2. The van der Waals surface area contributed by atoms with Crippen LogP contribution in [0, 0.1) is 5.92 Å². The molecule has 1 aromatic heterocycles. The Labute approximate surface area is 101 Å². The highest BCUT2D eigenvalue weighted by Gasteiger charge is 2.28. The molecule has 0 radical (unpaired) electrons. The summed E-state index contributed by atoms with van der Waals surface area (Å²) in [5.41, 5.74) is 5.32. The number of nitrogens with zero attached hydrogens (tertiary/aromatic N) is 2. The summed E-state index contributed by atoms with van der Waals surface area (Å²) in [5.74, 6) is 0.442. The predicted octanol–water partition coefficient (Wildman–Crippen LogP) is 0.526. The van der Waals surface area contributed by atoms with E-state index in [1.165, 1.54) is 12.4 Å². The molecule has 0 spiro atoms. The summed E-state index contributed by atoms with van der Waals surface area (Å²) in [6, 6.07) is 0.0116. The third kappa shape index (κ3) is 2.73. The fraction of sp³-hybridized carbons (Fsp3) is 0.600. The highest BCUT2D eigenvalue weighted by molar-refractivity contribution is 7.89. The second-order valence-corrected chi connectivity index (χ2v) is 6.13. The van der Waals surface area contributed by atoms with Crippen LogP contribution in [0.2, 0.25) is 0 Å². The Morgan fingerprint density at radius 2 is 2.00 bits per heavy atom. The number of nitrogen functional groups attached to an aromatic ring is 1. The summed E-state index contributed by atoms with van der Waals surface area (Å²) in [6.07, 6.45) is 5.46. The van der Waals surface area contributed by atoms with Crippen LogP contribution in [0.5, 0.6) is 0 Å². The molecule has 6 nitrogen and oxygen atoms in total. The molecule has 1 fully saturated rings. The van der Waals surface area contributed by atoms with E-state index in [1.54, 1.807) is 0 Å². The van der Waals surface area contributed by atoms with Crippen molar-refractivity contribution < 1.29 is 8.42 Å². The summed E-state index contributed by atoms with van der Waals surface area (Å²) >= 11 is 0. The molecule has 3 N–H and O–H groups in total. The van der Waals surface area contributed by atoms with E-state index < -0.39 is 10.0 Å². The molecule has 17 heavy (non-hydrogen) atoms. The molecule has 1 saturated carbocycles. The van der Waals surface area contributed by atoms with Gasteiger partial charge in [-0.3, -0.25) is 0 Å². The van der Waals surface area contributed by atoms with Gasteiger partial charge in [0.05, 0.1) is 12.4 Å². The van der Waals surface area contributed by atoms with Crippen LogP contribution in [-0.2, 0) is 10.0 Å². The molecule has 0 aliphatic heterocycles. The van der Waals surface area contributed by atoms with Crippen molar-refractivity contribution in [3.8, 4) is 0 Å². The number of nitrogens with one attached hydrogen (secondary N) is 1. The zero-order valence-corrected chi connectivity index (χ0v) is 10.4. The topological polar surface area (TPSA) is 98.0 Å². The molecule has 7 heteroatoms. The average molecular weight is 256 g/mol. The summed E-state index contributed by atoms with van der Waals surface area (Å²) in [4.78, 5) is 7.43. The van der Waals surface area contributed by atoms with E-state index in [9.17, 15) is 8.42 Å². The van der Waals surface area contributed by atoms with Crippen LogP contribution in [0.25, 0.3) is 0 Å². The highest BCUT2D eigenvalue weighted by atomic mass is 32.2. The van der Waals surface area contributed by atoms with Gasteiger partial charge in [-0.15, -0.1) is 0 Å². The molecule has 2 unspecified atom stereocenters. The van der Waals surface area contributed by atoms with Gasteiger partial charge in [0.2, 0.25) is 16.0 Å². The van der Waals surface area contributed by atoms with Gasteiger partial charge in [0, 0.05) is 6.04 Å². The average Bonchev–Trinajstić information content (AvgIpc) is 2.64. The van der Waals surface area contributed by atoms with Crippen LogP contribution in [0.4, 0.5) is 5.95 Å². The number of rotatable bonds is 3.